The van der Waals surface area contributed by atoms with E-state index in [4.69, 9.17) is 13.3 Å². The fraction of sp³-hybridized carbons (Fsp3) is 0. The number of rotatable bonds is 10. The largest absolute Gasteiger partial charge is 0.455 e. The molecule has 3 heterocycles. The van der Waals surface area contributed by atoms with Crippen molar-refractivity contribution in [2.75, 3.05) is 0 Å². The van der Waals surface area contributed by atoms with Gasteiger partial charge in [-0.3, -0.25) is 0 Å². The molecular weight excluding hydrogens is 1780 g/mol. The Bertz CT molecular complexity index is 10700. The normalized spacial score (nSPS) is 11.8. The van der Waals surface area contributed by atoms with Gasteiger partial charge in [0, 0.05) is 48.8 Å². The van der Waals surface area contributed by atoms with Gasteiger partial charge in [0.25, 0.3) is 0 Å². The third kappa shape index (κ3) is 14.0. The molecule has 0 atom stereocenters. The molecule has 0 saturated carbocycles. The van der Waals surface area contributed by atoms with Crippen molar-refractivity contribution >= 4 is 195 Å². The Labute approximate surface area is 847 Å². The first kappa shape index (κ1) is 84.5. The molecule has 0 radical (unpaired) electrons. The van der Waals surface area contributed by atoms with E-state index in [1.807, 2.05) is 18.2 Å². The number of hydrogen-bond donors (Lipinski definition) is 0. The second-order valence-corrected chi connectivity index (χ2v) is 38.8. The fourth-order valence-electron chi connectivity index (χ4n) is 24.2. The van der Waals surface area contributed by atoms with Crippen molar-refractivity contribution in [1.29, 1.82) is 0 Å². The summed E-state index contributed by atoms with van der Waals surface area (Å²) in [7, 11) is 0. The molecule has 28 aromatic carbocycles. The molecule has 0 aliphatic heterocycles. The Morgan fingerprint density at radius 1 is 0.0952 bits per heavy atom. The predicted molar refractivity (Wildman–Crippen MR) is 626 cm³/mol. The zero-order valence-electron chi connectivity index (χ0n) is 80.0. The van der Waals surface area contributed by atoms with Crippen LogP contribution >= 0.6 is 0 Å². The highest BCUT2D eigenvalue weighted by molar-refractivity contribution is 6.29. The molecule has 31 aromatic rings. The molecule has 147 heavy (non-hydrogen) atoms. The lowest BCUT2D eigenvalue weighted by atomic mass is 9.84. The van der Waals surface area contributed by atoms with Crippen LogP contribution in [-0.4, -0.2) is 0 Å². The summed E-state index contributed by atoms with van der Waals surface area (Å²) in [6.45, 7) is 0. The highest BCUT2D eigenvalue weighted by Crippen LogP contribution is 2.54. The number of hydrogen-bond acceptors (Lipinski definition) is 3. The van der Waals surface area contributed by atoms with Crippen molar-refractivity contribution in [2.45, 2.75) is 0 Å². The molecule has 0 saturated heterocycles. The van der Waals surface area contributed by atoms with Crippen molar-refractivity contribution in [3.63, 3.8) is 0 Å². The van der Waals surface area contributed by atoms with E-state index in [0.717, 1.165) is 93.5 Å². The summed E-state index contributed by atoms with van der Waals surface area (Å²) < 4.78 is 19.7. The maximum Gasteiger partial charge on any atom is 0.143 e. The molecule has 0 aliphatic carbocycles. The molecule has 3 aromatic heterocycles. The second-order valence-electron chi connectivity index (χ2n) is 38.8. The molecule has 0 N–H and O–H groups in total. The molecule has 31 rings (SSSR count). The van der Waals surface area contributed by atoms with E-state index in [2.05, 4.69) is 516 Å². The number of furan rings is 3. The van der Waals surface area contributed by atoms with Gasteiger partial charge in [-0.25, -0.2) is 0 Å². The van der Waals surface area contributed by atoms with E-state index in [1.54, 1.807) is 0 Å². The van der Waals surface area contributed by atoms with Crippen LogP contribution in [0.25, 0.3) is 306 Å². The van der Waals surface area contributed by atoms with Gasteiger partial charge in [-0.05, 0) is 291 Å². The first-order valence-corrected chi connectivity index (χ1v) is 50.6. The van der Waals surface area contributed by atoms with Crippen LogP contribution in [0.1, 0.15) is 0 Å². The number of benzene rings is 28. The van der Waals surface area contributed by atoms with E-state index in [1.165, 1.54) is 213 Å². The van der Waals surface area contributed by atoms with Crippen LogP contribution in [0.15, 0.2) is 547 Å². The summed E-state index contributed by atoms with van der Waals surface area (Å²) >= 11 is 0. The summed E-state index contributed by atoms with van der Waals surface area (Å²) in [6.07, 6.45) is 0. The minimum absolute atomic E-state index is 0.913. The maximum atomic E-state index is 6.63. The lowest BCUT2D eigenvalue weighted by molar-refractivity contribution is 0.670. The van der Waals surface area contributed by atoms with Crippen LogP contribution in [0, 0.1) is 0 Å². The van der Waals surface area contributed by atoms with Gasteiger partial charge >= 0.3 is 0 Å². The summed E-state index contributed by atoms with van der Waals surface area (Å²) in [4.78, 5) is 0. The molecule has 0 bridgehead atoms. The number of para-hydroxylation sites is 3. The van der Waals surface area contributed by atoms with E-state index in [0.29, 0.717) is 0 Å². The van der Waals surface area contributed by atoms with Gasteiger partial charge in [0.15, 0.2) is 0 Å². The van der Waals surface area contributed by atoms with Crippen molar-refractivity contribution in [1.82, 2.24) is 0 Å². The third-order valence-corrected chi connectivity index (χ3v) is 30.7. The highest BCUT2D eigenvalue weighted by atomic mass is 16.3. The summed E-state index contributed by atoms with van der Waals surface area (Å²) in [5.41, 5.74) is 29.9. The maximum absolute atomic E-state index is 6.63. The minimum Gasteiger partial charge on any atom is -0.455 e. The zero-order chi connectivity index (χ0) is 96.7. The van der Waals surface area contributed by atoms with Crippen LogP contribution in [0.5, 0.6) is 0 Å². The molecular formula is C144H88O3. The van der Waals surface area contributed by atoms with E-state index in [-0.39, 0.29) is 0 Å². The average Bonchev–Trinajstić information content (AvgIpc) is 1.36. The van der Waals surface area contributed by atoms with Gasteiger partial charge in [-0.2, -0.15) is 0 Å². The van der Waals surface area contributed by atoms with Gasteiger partial charge in [0.05, 0.1) is 0 Å². The highest BCUT2D eigenvalue weighted by Gasteiger charge is 2.27. The van der Waals surface area contributed by atoms with Gasteiger partial charge in [-0.1, -0.05) is 467 Å². The van der Waals surface area contributed by atoms with Crippen LogP contribution < -0.4 is 0 Å². The molecule has 682 valence electrons. The summed E-state index contributed by atoms with van der Waals surface area (Å²) in [5, 5.41) is 36.6. The zero-order valence-corrected chi connectivity index (χ0v) is 80.0. The van der Waals surface area contributed by atoms with E-state index < -0.39 is 0 Å². The smallest absolute Gasteiger partial charge is 0.143 e. The topological polar surface area (TPSA) is 39.4 Å². The van der Waals surface area contributed by atoms with Crippen molar-refractivity contribution in [3.8, 4) is 111 Å². The van der Waals surface area contributed by atoms with Gasteiger partial charge in [0.1, 0.15) is 33.5 Å². The van der Waals surface area contributed by atoms with Gasteiger partial charge in [-0.15, -0.1) is 0 Å². The molecule has 3 nitrogen and oxygen atoms in total. The standard InChI is InChI=1S/C52H32O.2C46H28O/c1-2-20-38-33(14-1)15-13-28-39(38)34-16-11-18-36(30-34)50-42-23-4-6-25-44(42)51(45-26-7-5-24-43(45)50)37-19-12-17-35(31-37)47-32-48-41-22-9-10-29-49(41)53-52(48)46-27-8-3-21-40(46)47;1-3-18-33-29(13-1)15-12-25-36(33)45-39-23-7-5-21-37(39)43(38-22-6-8-24-40(38)45)31-16-11-17-32(27-31)44-34-19-4-2-14-30(34)28-41-35-20-9-10-26-42(35)47-46(41)44;1-2-13-30-26-34(25-24-29(30)12-1)44-39-21-7-5-19-37(39)43(38-20-6-8-22-40(38)44)32-15-11-16-33(27-32)45-35-17-4-3-14-31(35)28-41-36-18-9-10-23-42(36)47-46(41)45/h1-32H;2*1-28H. The molecule has 0 spiro atoms. The Morgan fingerprint density at radius 2 is 0.340 bits per heavy atom. The monoisotopic (exact) mass is 1860 g/mol. The Morgan fingerprint density at radius 3 is 0.735 bits per heavy atom. The molecule has 0 amide bonds. The van der Waals surface area contributed by atoms with Crippen LogP contribution in [0.2, 0.25) is 0 Å². The second kappa shape index (κ2) is 34.8. The SMILES string of the molecule is c1cc(-c2c3ccccc3c(-c3ccc4ccccc4c3)c3ccccc23)cc(-c2c3ccccc3cc3c2oc2ccccc23)c1.c1cc(-c2c3ccccc3c(-c3cccc4ccccc34)c3ccccc23)cc(-c2c3ccccc3cc3c2oc2ccccc23)c1.c1cc(-c2cccc3ccccc23)cc(-c2c3ccccc3c(-c3cccc(-c4cc5c6ccccc6oc5c5ccccc45)c3)c3ccccc23)c1. The lowest BCUT2D eigenvalue weighted by Gasteiger charge is -2.19. The molecule has 3 heteroatoms. The van der Waals surface area contributed by atoms with Gasteiger partial charge < -0.3 is 13.3 Å². The summed E-state index contributed by atoms with van der Waals surface area (Å²) in [5.74, 6) is 0. The first-order chi connectivity index (χ1) is 72.9. The first-order valence-electron chi connectivity index (χ1n) is 50.6. The quantitative estimate of drug-likeness (QED) is 0.128. The van der Waals surface area contributed by atoms with Crippen molar-refractivity contribution in [3.05, 3.63) is 534 Å². The lowest BCUT2D eigenvalue weighted by Crippen LogP contribution is -1.92. The van der Waals surface area contributed by atoms with Crippen molar-refractivity contribution < 1.29 is 13.3 Å². The summed E-state index contributed by atoms with van der Waals surface area (Å²) in [6, 6.07) is 194. The third-order valence-electron chi connectivity index (χ3n) is 30.7. The average molecular weight is 1870 g/mol. The van der Waals surface area contributed by atoms with Crippen LogP contribution in [0.3, 0.4) is 0 Å². The Balaban J connectivity index is 0.000000104. The predicted octanol–water partition coefficient (Wildman–Crippen LogP) is 41.3. The Hall–Kier alpha value is -19.3. The fourth-order valence-corrected chi connectivity index (χ4v) is 24.2. The molecule has 0 fully saturated rings. The molecule has 0 aliphatic rings. The van der Waals surface area contributed by atoms with E-state index in [9.17, 15) is 0 Å². The minimum atomic E-state index is 0.913. The molecule has 0 unspecified atom stereocenters. The number of fused-ring (bicyclic) bond motifs is 22. The van der Waals surface area contributed by atoms with Crippen molar-refractivity contribution in [2.24, 2.45) is 0 Å². The van der Waals surface area contributed by atoms with E-state index >= 15 is 0 Å². The van der Waals surface area contributed by atoms with Crippen LogP contribution in [-0.2, 0) is 0 Å². The van der Waals surface area contributed by atoms with Crippen LogP contribution in [0.4, 0.5) is 0 Å². The van der Waals surface area contributed by atoms with Gasteiger partial charge in [0.2, 0.25) is 0 Å². The Kier molecular flexibility index (Phi) is 20.0.